The third-order valence-corrected chi connectivity index (χ3v) is 4.06. The Morgan fingerprint density at radius 1 is 1.36 bits per heavy atom. The number of rotatable bonds is 10. The first-order valence-corrected chi connectivity index (χ1v) is 9.34. The van der Waals surface area contributed by atoms with Crippen LogP contribution in [-0.2, 0) is 13.2 Å². The number of nitrogens with one attached hydrogen (secondary N) is 1. The number of hydrogen-bond acceptors (Lipinski definition) is 5. The molecule has 0 atom stereocenters. The quantitative estimate of drug-likeness (QED) is 0.677. The molecule has 152 valence electrons. The van der Waals surface area contributed by atoms with Gasteiger partial charge in [-0.3, -0.25) is 9.36 Å². The molecular formula is C21H29FN4O2. The van der Waals surface area contributed by atoms with Crippen molar-refractivity contribution in [1.29, 1.82) is 0 Å². The van der Waals surface area contributed by atoms with Crippen molar-refractivity contribution in [1.82, 2.24) is 14.5 Å². The Kier molecular flexibility index (Phi) is 7.75. The zero-order valence-corrected chi connectivity index (χ0v) is 17.0. The molecule has 1 aromatic heterocycles. The van der Waals surface area contributed by atoms with E-state index >= 15 is 0 Å². The summed E-state index contributed by atoms with van der Waals surface area (Å²) in [6.07, 6.45) is 1.58. The van der Waals surface area contributed by atoms with Crippen LogP contribution in [0.5, 0.6) is 5.88 Å². The third-order valence-electron chi connectivity index (χ3n) is 4.06. The summed E-state index contributed by atoms with van der Waals surface area (Å²) in [6.45, 7) is 9.67. The number of hydrogen-bond donors (Lipinski definition) is 1. The molecule has 1 aromatic carbocycles. The Balaban J connectivity index is 2.20. The van der Waals surface area contributed by atoms with Crippen molar-refractivity contribution in [3.63, 3.8) is 0 Å². The maximum absolute atomic E-state index is 14.1. The van der Waals surface area contributed by atoms with Gasteiger partial charge in [-0.05, 0) is 31.6 Å². The van der Waals surface area contributed by atoms with Gasteiger partial charge in [-0.15, -0.1) is 0 Å². The van der Waals surface area contributed by atoms with E-state index in [2.05, 4.69) is 16.9 Å². The summed E-state index contributed by atoms with van der Waals surface area (Å²) >= 11 is 0. The van der Waals surface area contributed by atoms with Crippen LogP contribution in [0.4, 0.5) is 10.3 Å². The van der Waals surface area contributed by atoms with E-state index in [1.807, 2.05) is 32.8 Å². The maximum atomic E-state index is 14.1. The Morgan fingerprint density at radius 3 is 2.71 bits per heavy atom. The van der Waals surface area contributed by atoms with Crippen molar-refractivity contribution in [3.05, 3.63) is 58.1 Å². The highest BCUT2D eigenvalue weighted by Gasteiger charge is 2.12. The molecule has 0 saturated heterocycles. The molecule has 0 aliphatic heterocycles. The Morgan fingerprint density at radius 2 is 2.11 bits per heavy atom. The van der Waals surface area contributed by atoms with Gasteiger partial charge in [0.25, 0.3) is 5.56 Å². The Bertz CT molecular complexity index is 862. The topological polar surface area (TPSA) is 59.4 Å². The molecular weight excluding hydrogens is 359 g/mol. The number of aromatic nitrogens is 2. The van der Waals surface area contributed by atoms with E-state index in [9.17, 15) is 9.18 Å². The molecule has 0 bridgehead atoms. The second-order valence-electron chi connectivity index (χ2n) is 7.33. The monoisotopic (exact) mass is 388 g/mol. The average molecular weight is 388 g/mol. The second-order valence-corrected chi connectivity index (χ2v) is 7.33. The minimum Gasteiger partial charge on any atom is -0.472 e. The van der Waals surface area contributed by atoms with Gasteiger partial charge in [-0.25, -0.2) is 4.39 Å². The van der Waals surface area contributed by atoms with Gasteiger partial charge in [-0.1, -0.05) is 38.6 Å². The van der Waals surface area contributed by atoms with Crippen molar-refractivity contribution < 1.29 is 9.13 Å². The van der Waals surface area contributed by atoms with Gasteiger partial charge >= 0.3 is 0 Å². The maximum Gasteiger partial charge on any atom is 0.258 e. The van der Waals surface area contributed by atoms with Crippen molar-refractivity contribution in [3.8, 4) is 5.88 Å². The van der Waals surface area contributed by atoms with Crippen LogP contribution in [0.2, 0.25) is 0 Å². The van der Waals surface area contributed by atoms with Gasteiger partial charge in [0.2, 0.25) is 11.8 Å². The van der Waals surface area contributed by atoms with Crippen LogP contribution < -0.4 is 15.6 Å². The standard InChI is InChI=1S/C21H29FN4O2/c1-6-16-7-8-17(18(22)11-16)14-28-19-12-20(27)26(13-15(2)3)21(24-19)23-9-10-25(4)5/h6-8,11-12,15H,1,9-10,13-14H2,2-5H3,(H,23,24). The largest absolute Gasteiger partial charge is 0.472 e. The normalized spacial score (nSPS) is 11.1. The number of nitrogens with zero attached hydrogens (tertiary/aromatic N) is 3. The predicted octanol–water partition coefficient (Wildman–Crippen LogP) is 3.23. The van der Waals surface area contributed by atoms with Crippen LogP contribution >= 0.6 is 0 Å². The highest BCUT2D eigenvalue weighted by atomic mass is 19.1. The molecule has 1 heterocycles. The molecule has 0 amide bonds. The fourth-order valence-electron chi connectivity index (χ4n) is 2.59. The lowest BCUT2D eigenvalue weighted by molar-refractivity contribution is 0.286. The number of anilines is 1. The summed E-state index contributed by atoms with van der Waals surface area (Å²) in [4.78, 5) is 19.0. The van der Waals surface area contributed by atoms with E-state index in [1.165, 1.54) is 12.1 Å². The second kappa shape index (κ2) is 10.0. The van der Waals surface area contributed by atoms with Gasteiger partial charge in [-0.2, -0.15) is 4.98 Å². The van der Waals surface area contributed by atoms with Crippen LogP contribution in [0.1, 0.15) is 25.0 Å². The smallest absolute Gasteiger partial charge is 0.258 e. The van der Waals surface area contributed by atoms with Gasteiger partial charge in [0.15, 0.2) is 0 Å². The zero-order valence-electron chi connectivity index (χ0n) is 17.0. The van der Waals surface area contributed by atoms with E-state index < -0.39 is 0 Å². The predicted molar refractivity (Wildman–Crippen MR) is 111 cm³/mol. The van der Waals surface area contributed by atoms with Crippen molar-refractivity contribution in [2.45, 2.75) is 27.0 Å². The summed E-state index contributed by atoms with van der Waals surface area (Å²) in [5.74, 6) is 0.540. The summed E-state index contributed by atoms with van der Waals surface area (Å²) in [5, 5.41) is 3.20. The fraction of sp³-hybridized carbons (Fsp3) is 0.429. The van der Waals surface area contributed by atoms with Crippen LogP contribution in [0.3, 0.4) is 0 Å². The lowest BCUT2D eigenvalue weighted by Gasteiger charge is -2.17. The van der Waals surface area contributed by atoms with E-state index in [0.29, 0.717) is 30.2 Å². The Labute approximate surface area is 165 Å². The molecule has 0 saturated carbocycles. The SMILES string of the molecule is C=Cc1ccc(COc2cc(=O)n(CC(C)C)c(NCCN(C)C)n2)c(F)c1. The van der Waals surface area contributed by atoms with Crippen LogP contribution in [-0.4, -0.2) is 41.6 Å². The molecule has 0 spiro atoms. The Hall–Kier alpha value is -2.67. The summed E-state index contributed by atoms with van der Waals surface area (Å²) in [6, 6.07) is 6.14. The molecule has 0 aliphatic rings. The average Bonchev–Trinajstić information content (AvgIpc) is 2.62. The molecule has 7 heteroatoms. The highest BCUT2D eigenvalue weighted by Crippen LogP contribution is 2.16. The molecule has 0 unspecified atom stereocenters. The molecule has 6 nitrogen and oxygen atoms in total. The molecule has 0 fully saturated rings. The van der Waals surface area contributed by atoms with E-state index in [-0.39, 0.29) is 29.8 Å². The van der Waals surface area contributed by atoms with Gasteiger partial charge < -0.3 is 15.0 Å². The molecule has 2 aromatic rings. The van der Waals surface area contributed by atoms with E-state index in [0.717, 1.165) is 6.54 Å². The van der Waals surface area contributed by atoms with Crippen LogP contribution in [0, 0.1) is 11.7 Å². The van der Waals surface area contributed by atoms with Crippen LogP contribution in [0.15, 0.2) is 35.6 Å². The molecule has 0 radical (unpaired) electrons. The fourth-order valence-corrected chi connectivity index (χ4v) is 2.59. The lowest BCUT2D eigenvalue weighted by Crippen LogP contribution is -2.29. The third kappa shape index (κ3) is 6.20. The first kappa shape index (κ1) is 21.6. The summed E-state index contributed by atoms with van der Waals surface area (Å²) < 4.78 is 21.3. The first-order valence-electron chi connectivity index (χ1n) is 9.34. The lowest BCUT2D eigenvalue weighted by atomic mass is 10.1. The molecule has 0 aliphatic carbocycles. The van der Waals surface area contributed by atoms with Crippen molar-refractivity contribution >= 4 is 12.0 Å². The number of ether oxygens (including phenoxy) is 1. The van der Waals surface area contributed by atoms with E-state index in [1.54, 1.807) is 22.8 Å². The van der Waals surface area contributed by atoms with Crippen molar-refractivity contribution in [2.75, 3.05) is 32.5 Å². The summed E-state index contributed by atoms with van der Waals surface area (Å²) in [7, 11) is 3.95. The molecule has 28 heavy (non-hydrogen) atoms. The number of likely N-dealkylation sites (N-methyl/N-ethyl adjacent to an activating group) is 1. The molecule has 2 rings (SSSR count). The minimum atomic E-state index is -0.380. The van der Waals surface area contributed by atoms with Gasteiger partial charge in [0.05, 0.1) is 6.07 Å². The van der Waals surface area contributed by atoms with E-state index in [4.69, 9.17) is 4.74 Å². The molecule has 1 N–H and O–H groups in total. The van der Waals surface area contributed by atoms with Gasteiger partial charge in [0.1, 0.15) is 12.4 Å². The number of benzene rings is 1. The summed E-state index contributed by atoms with van der Waals surface area (Å²) in [5.41, 5.74) is 0.887. The first-order chi connectivity index (χ1) is 13.3. The zero-order chi connectivity index (χ0) is 20.7. The van der Waals surface area contributed by atoms with Gasteiger partial charge in [0, 0.05) is 25.2 Å². The number of halogens is 1. The van der Waals surface area contributed by atoms with Crippen LogP contribution in [0.25, 0.3) is 6.08 Å². The highest BCUT2D eigenvalue weighted by molar-refractivity contribution is 5.47. The van der Waals surface area contributed by atoms with Crippen molar-refractivity contribution in [2.24, 2.45) is 5.92 Å². The minimum absolute atomic E-state index is 0.0129.